The quantitative estimate of drug-likeness (QED) is 0.175. The van der Waals surface area contributed by atoms with Crippen molar-refractivity contribution in [3.8, 4) is 0 Å². The molecule has 1 aliphatic carbocycles. The van der Waals surface area contributed by atoms with E-state index in [9.17, 15) is 22.8 Å². The average Bonchev–Trinajstić information content (AvgIpc) is 3.49. The Hall–Kier alpha value is -4.46. The van der Waals surface area contributed by atoms with Gasteiger partial charge in [-0.3, -0.25) is 9.69 Å². The first-order chi connectivity index (χ1) is 20.2. The Bertz CT molecular complexity index is 1490. The number of alkyl halides is 3. The summed E-state index contributed by atoms with van der Waals surface area (Å²) in [5.41, 5.74) is 1.19. The van der Waals surface area contributed by atoms with E-state index in [1.165, 1.54) is 54.0 Å². The van der Waals surface area contributed by atoms with Crippen molar-refractivity contribution in [3.05, 3.63) is 89.5 Å². The molecule has 3 aromatic carbocycles. The van der Waals surface area contributed by atoms with Crippen molar-refractivity contribution in [2.45, 2.75) is 55.0 Å². The molecule has 1 saturated carbocycles. The molecule has 0 radical (unpaired) electrons. The lowest BCUT2D eigenvalue weighted by Gasteiger charge is -2.26. The number of hydrogen-bond donors (Lipinski definition) is 3. The molecule has 3 amide bonds. The number of nitrogens with zero attached hydrogens (tertiary/aromatic N) is 5. The molecule has 0 atom stereocenters. The summed E-state index contributed by atoms with van der Waals surface area (Å²) in [7, 11) is 0. The van der Waals surface area contributed by atoms with E-state index >= 15 is 0 Å². The fourth-order valence-electron chi connectivity index (χ4n) is 4.90. The molecule has 0 spiro atoms. The summed E-state index contributed by atoms with van der Waals surface area (Å²) in [6.45, 7) is 0.147. The van der Waals surface area contributed by atoms with Crippen LogP contribution in [0.4, 0.5) is 29.3 Å². The topological polar surface area (TPSA) is 120 Å². The highest BCUT2D eigenvalue weighted by Gasteiger charge is 2.29. The first-order valence-electron chi connectivity index (χ1n) is 13.3. The fraction of sp³-hybridized carbons (Fsp3) is 0.286. The minimum atomic E-state index is -4.44. The van der Waals surface area contributed by atoms with Crippen LogP contribution in [0.15, 0.2) is 77.7 Å². The standard InChI is InChI=1S/C28H27F3N8O2S/c29-28(30,31)42-25-8-4-7-23(17-25)32-27(41)38(24-15-13-21(14-16-24)20-5-2-1-3-6-20)18-19-9-11-22(12-10-19)26(40)33-39-36-34-35-37-39/h4,7-17,20H,1-3,5-6,18H2,(H2,32,33,40,41)/p+1. The van der Waals surface area contributed by atoms with Crippen molar-refractivity contribution in [2.75, 3.05) is 15.6 Å². The SMILES string of the molecule is O=C(N[n+]1nnn[nH]1)c1ccc(CN(C(=O)Nc2cccc(SC(F)(F)F)c2)c2ccc(C3CCCCC3)cc2)cc1. The third-order valence-corrected chi connectivity index (χ3v) is 7.64. The Kier molecular flexibility index (Phi) is 9.00. The molecule has 10 nitrogen and oxygen atoms in total. The number of carbonyl (C=O) groups is 2. The normalized spacial score (nSPS) is 13.9. The van der Waals surface area contributed by atoms with Crippen molar-refractivity contribution in [1.29, 1.82) is 0 Å². The van der Waals surface area contributed by atoms with Gasteiger partial charge in [0, 0.05) is 26.7 Å². The highest BCUT2D eigenvalue weighted by Crippen LogP contribution is 2.38. The summed E-state index contributed by atoms with van der Waals surface area (Å²) in [6.07, 6.45) is 5.94. The molecule has 5 rings (SSSR count). The Morgan fingerprint density at radius 2 is 1.74 bits per heavy atom. The second-order valence-corrected chi connectivity index (χ2v) is 11.0. The van der Waals surface area contributed by atoms with E-state index < -0.39 is 17.4 Å². The molecule has 4 aromatic rings. The van der Waals surface area contributed by atoms with Gasteiger partial charge in [-0.05, 0) is 89.3 Å². The number of halogens is 3. The van der Waals surface area contributed by atoms with Gasteiger partial charge in [0.05, 0.1) is 6.54 Å². The Morgan fingerprint density at radius 1 is 1.00 bits per heavy atom. The largest absolute Gasteiger partial charge is 0.446 e. The Balaban J connectivity index is 1.35. The van der Waals surface area contributed by atoms with Gasteiger partial charge in [0.25, 0.3) is 5.91 Å². The molecule has 1 heterocycles. The number of benzene rings is 3. The molecule has 14 heteroatoms. The van der Waals surface area contributed by atoms with Gasteiger partial charge >= 0.3 is 11.5 Å². The number of urea groups is 1. The Morgan fingerprint density at radius 3 is 2.40 bits per heavy atom. The van der Waals surface area contributed by atoms with Gasteiger partial charge < -0.3 is 5.32 Å². The molecule has 0 saturated heterocycles. The third-order valence-electron chi connectivity index (χ3n) is 6.92. The van der Waals surface area contributed by atoms with E-state index in [2.05, 4.69) is 31.6 Å². The lowest BCUT2D eigenvalue weighted by molar-refractivity contribution is -0.759. The number of carbonyl (C=O) groups excluding carboxylic acids is 2. The molecular weight excluding hydrogens is 569 g/mol. The summed E-state index contributed by atoms with van der Waals surface area (Å²) >= 11 is -0.243. The van der Waals surface area contributed by atoms with Crippen molar-refractivity contribution in [2.24, 2.45) is 0 Å². The zero-order chi connectivity index (χ0) is 29.5. The number of aromatic nitrogens is 5. The van der Waals surface area contributed by atoms with Gasteiger partial charge in [0.2, 0.25) is 10.4 Å². The number of rotatable bonds is 8. The van der Waals surface area contributed by atoms with Crippen LogP contribution >= 0.6 is 11.8 Å². The van der Waals surface area contributed by atoms with E-state index in [-0.39, 0.29) is 28.9 Å². The minimum absolute atomic E-state index is 0.0307. The van der Waals surface area contributed by atoms with Crippen molar-refractivity contribution in [1.82, 2.24) is 20.9 Å². The maximum Gasteiger partial charge on any atom is 0.446 e. The first-order valence-corrected chi connectivity index (χ1v) is 14.2. The smallest absolute Gasteiger partial charge is 0.307 e. The van der Waals surface area contributed by atoms with Gasteiger partial charge in [-0.1, -0.05) is 49.6 Å². The van der Waals surface area contributed by atoms with Crippen molar-refractivity contribution in [3.63, 3.8) is 0 Å². The van der Waals surface area contributed by atoms with Crippen LogP contribution in [0.25, 0.3) is 0 Å². The number of aromatic amines is 1. The molecule has 3 N–H and O–H groups in total. The van der Waals surface area contributed by atoms with Crippen LogP contribution in [0.3, 0.4) is 0 Å². The molecule has 0 aliphatic heterocycles. The summed E-state index contributed by atoms with van der Waals surface area (Å²) < 4.78 is 38.7. The predicted octanol–water partition coefficient (Wildman–Crippen LogP) is 5.77. The number of amides is 3. The lowest BCUT2D eigenvalue weighted by Crippen LogP contribution is -2.52. The van der Waals surface area contributed by atoms with Crippen LogP contribution in [0.5, 0.6) is 0 Å². The highest BCUT2D eigenvalue weighted by molar-refractivity contribution is 8.00. The van der Waals surface area contributed by atoms with E-state index in [1.807, 2.05) is 24.3 Å². The van der Waals surface area contributed by atoms with Gasteiger partial charge in [-0.25, -0.2) is 4.79 Å². The van der Waals surface area contributed by atoms with Crippen LogP contribution in [-0.2, 0) is 6.54 Å². The van der Waals surface area contributed by atoms with Gasteiger partial charge in [-0.15, -0.1) is 0 Å². The molecule has 218 valence electrons. The third kappa shape index (κ3) is 7.84. The zero-order valence-electron chi connectivity index (χ0n) is 22.3. The van der Waals surface area contributed by atoms with E-state index in [1.54, 1.807) is 24.3 Å². The molecule has 0 unspecified atom stereocenters. The summed E-state index contributed by atoms with van der Waals surface area (Å²) in [6, 6.07) is 19.6. The second-order valence-electron chi connectivity index (χ2n) is 9.85. The molecule has 1 aliphatic rings. The Labute approximate surface area is 243 Å². The number of anilines is 2. The number of nitrogens with one attached hydrogen (secondary N) is 3. The number of H-pyrrole nitrogens is 1. The van der Waals surface area contributed by atoms with Crippen molar-refractivity contribution < 1.29 is 27.7 Å². The number of hydrogen-bond acceptors (Lipinski definition) is 6. The van der Waals surface area contributed by atoms with Crippen molar-refractivity contribution >= 4 is 35.1 Å². The van der Waals surface area contributed by atoms with Crippen LogP contribution < -0.4 is 20.5 Å². The van der Waals surface area contributed by atoms with Crippen LogP contribution in [0.1, 0.15) is 59.5 Å². The van der Waals surface area contributed by atoms with Crippen LogP contribution in [0.2, 0.25) is 0 Å². The molecule has 1 aromatic heterocycles. The summed E-state index contributed by atoms with van der Waals surface area (Å²) in [5, 5.41) is 15.4. The maximum absolute atomic E-state index is 13.6. The van der Waals surface area contributed by atoms with Gasteiger partial charge in [0.15, 0.2) is 5.21 Å². The highest BCUT2D eigenvalue weighted by atomic mass is 32.2. The molecular formula is C28H28F3N8O2S+. The fourth-order valence-corrected chi connectivity index (χ4v) is 5.50. The molecule has 1 fully saturated rings. The van der Waals surface area contributed by atoms with E-state index in [0.717, 1.165) is 23.3 Å². The van der Waals surface area contributed by atoms with Gasteiger partial charge in [0.1, 0.15) is 0 Å². The lowest BCUT2D eigenvalue weighted by atomic mass is 9.84. The first kappa shape index (κ1) is 29.0. The van der Waals surface area contributed by atoms with Crippen LogP contribution in [-0.4, -0.2) is 38.3 Å². The molecule has 0 bridgehead atoms. The van der Waals surface area contributed by atoms with E-state index in [4.69, 9.17) is 0 Å². The monoisotopic (exact) mass is 597 g/mol. The predicted molar refractivity (Wildman–Crippen MR) is 150 cm³/mol. The summed E-state index contributed by atoms with van der Waals surface area (Å²) in [5.74, 6) is 0.0446. The average molecular weight is 598 g/mol. The zero-order valence-corrected chi connectivity index (χ0v) is 23.2. The minimum Gasteiger partial charge on any atom is -0.307 e. The van der Waals surface area contributed by atoms with Gasteiger partial charge in [-0.2, -0.15) is 18.6 Å². The summed E-state index contributed by atoms with van der Waals surface area (Å²) in [4.78, 5) is 28.5. The van der Waals surface area contributed by atoms with E-state index in [0.29, 0.717) is 17.2 Å². The molecule has 42 heavy (non-hydrogen) atoms. The maximum atomic E-state index is 13.6. The number of thioether (sulfide) groups is 1. The van der Waals surface area contributed by atoms with Crippen LogP contribution in [0, 0.1) is 0 Å². The second kappa shape index (κ2) is 13.0.